The van der Waals surface area contributed by atoms with Gasteiger partial charge < -0.3 is 35.1 Å². The van der Waals surface area contributed by atoms with E-state index in [-0.39, 0.29) is 36.2 Å². The zero-order chi connectivity index (χ0) is 31.5. The molecule has 0 saturated carbocycles. The lowest BCUT2D eigenvalue weighted by Crippen LogP contribution is -2.52. The highest BCUT2D eigenvalue weighted by Gasteiger charge is 2.41. The van der Waals surface area contributed by atoms with Crippen molar-refractivity contribution in [1.82, 2.24) is 4.98 Å². The summed E-state index contributed by atoms with van der Waals surface area (Å²) in [5.41, 5.74) is 0.986. The van der Waals surface area contributed by atoms with Gasteiger partial charge in [0.2, 0.25) is 5.91 Å². The van der Waals surface area contributed by atoms with Crippen molar-refractivity contribution in [2.24, 2.45) is 11.8 Å². The maximum Gasteiger partial charge on any atom is 0.330 e. The molecule has 1 amide bonds. The van der Waals surface area contributed by atoms with E-state index in [0.717, 1.165) is 35.9 Å². The molecule has 1 fully saturated rings. The summed E-state index contributed by atoms with van der Waals surface area (Å²) in [6.07, 6.45) is 4.61. The number of anilines is 1. The molecule has 0 aromatic carbocycles. The van der Waals surface area contributed by atoms with Crippen molar-refractivity contribution in [2.45, 2.75) is 90.1 Å². The number of H-pyrrole nitrogens is 1. The van der Waals surface area contributed by atoms with E-state index in [1.165, 1.54) is 27.6 Å². The number of esters is 1. The molecular weight excluding hydrogens is 596 g/mol. The van der Waals surface area contributed by atoms with Crippen LogP contribution < -0.4 is 10.9 Å². The molecule has 0 aliphatic carbocycles. The molecule has 238 valence electrons. The normalized spacial score (nSPS) is 21.7. The lowest BCUT2D eigenvalue weighted by molar-refractivity contribution is -0.165. The number of amides is 1. The number of hydrogen-bond donors (Lipinski definition) is 5. The second-order valence-corrected chi connectivity index (χ2v) is 13.1. The van der Waals surface area contributed by atoms with E-state index >= 15 is 0 Å². The minimum Gasteiger partial charge on any atom is -0.463 e. The Kier molecular flexibility index (Phi) is 13.7. The molecular formula is C30H42N2O9S2. The Morgan fingerprint density at radius 3 is 2.65 bits per heavy atom. The highest BCUT2D eigenvalue weighted by atomic mass is 32.9. The van der Waals surface area contributed by atoms with Crippen LogP contribution in [0.15, 0.2) is 34.0 Å². The molecule has 5 N–H and O–H groups in total. The summed E-state index contributed by atoms with van der Waals surface area (Å²) in [6.45, 7) is 5.27. The van der Waals surface area contributed by atoms with E-state index in [0.29, 0.717) is 31.4 Å². The van der Waals surface area contributed by atoms with Gasteiger partial charge in [0.25, 0.3) is 5.56 Å². The third-order valence-corrected chi connectivity index (χ3v) is 9.64. The van der Waals surface area contributed by atoms with Crippen LogP contribution in [0.3, 0.4) is 0 Å². The van der Waals surface area contributed by atoms with Gasteiger partial charge in [0.05, 0.1) is 29.9 Å². The topological polar surface area (TPSA) is 175 Å². The van der Waals surface area contributed by atoms with Crippen molar-refractivity contribution in [1.29, 1.82) is 0 Å². The van der Waals surface area contributed by atoms with E-state index in [1.54, 1.807) is 13.0 Å². The van der Waals surface area contributed by atoms with Crippen molar-refractivity contribution in [3.8, 4) is 10.6 Å². The summed E-state index contributed by atoms with van der Waals surface area (Å²) in [6, 6.07) is 0. The van der Waals surface area contributed by atoms with Gasteiger partial charge in [-0.05, 0) is 44.6 Å². The van der Waals surface area contributed by atoms with Gasteiger partial charge in [-0.15, -0.1) is 0 Å². The summed E-state index contributed by atoms with van der Waals surface area (Å²) in [5, 5.41) is 35.2. The zero-order valence-corrected chi connectivity index (χ0v) is 26.4. The molecule has 3 heterocycles. The van der Waals surface area contributed by atoms with Gasteiger partial charge in [-0.25, -0.2) is 4.79 Å². The Bertz CT molecular complexity index is 1290. The number of aliphatic hydroxyl groups excluding tert-OH is 3. The summed E-state index contributed by atoms with van der Waals surface area (Å²) in [7, 11) is 2.94. The van der Waals surface area contributed by atoms with Crippen LogP contribution in [0.5, 0.6) is 0 Å². The molecule has 0 aromatic rings. The van der Waals surface area contributed by atoms with Gasteiger partial charge in [-0.1, -0.05) is 59.0 Å². The number of hydrogen-bond acceptors (Lipinski definition) is 11. The molecule has 0 bridgehead atoms. The zero-order valence-electron chi connectivity index (χ0n) is 24.7. The average Bonchev–Trinajstić information content (AvgIpc) is 3.53. The van der Waals surface area contributed by atoms with E-state index in [1.807, 2.05) is 18.4 Å². The highest BCUT2D eigenvalue weighted by molar-refractivity contribution is 7.70. The van der Waals surface area contributed by atoms with E-state index in [2.05, 4.69) is 10.3 Å². The number of ether oxygens (including phenoxy) is 2. The third-order valence-electron chi connectivity index (χ3n) is 7.54. The molecule has 0 spiro atoms. The maximum atomic E-state index is 12.6. The Hall–Kier alpha value is -2.68. The van der Waals surface area contributed by atoms with Crippen molar-refractivity contribution in [2.75, 3.05) is 18.5 Å². The highest BCUT2D eigenvalue weighted by Crippen LogP contribution is 2.35. The van der Waals surface area contributed by atoms with E-state index in [9.17, 15) is 34.5 Å². The quantitative estimate of drug-likeness (QED) is 0.0604. The largest absolute Gasteiger partial charge is 0.463 e. The number of carbonyl (C=O) groups is 3. The van der Waals surface area contributed by atoms with Crippen LogP contribution in [-0.4, -0.2) is 75.6 Å². The lowest BCUT2D eigenvalue weighted by atomic mass is 9.87. The first kappa shape index (κ1) is 34.8. The van der Waals surface area contributed by atoms with Gasteiger partial charge in [0, 0.05) is 23.8 Å². The van der Waals surface area contributed by atoms with Crippen LogP contribution in [0.25, 0.3) is 10.6 Å². The predicted octanol–water partition coefficient (Wildman–Crippen LogP) is 3.64. The number of aromatic amines is 1. The van der Waals surface area contributed by atoms with Gasteiger partial charge in [0.15, 0.2) is 5.78 Å². The molecule has 11 nitrogen and oxygen atoms in total. The predicted molar refractivity (Wildman–Crippen MR) is 165 cm³/mol. The number of unbranched alkanes of at least 4 members (excludes halogenated alkanes) is 4. The minimum atomic E-state index is -1.53. The Labute approximate surface area is 258 Å². The fraction of sp³-hybridized carbons (Fsp3) is 0.600. The van der Waals surface area contributed by atoms with Crippen LogP contribution in [0.4, 0.5) is 5.69 Å². The van der Waals surface area contributed by atoms with Crippen molar-refractivity contribution < 1.29 is 39.2 Å². The van der Waals surface area contributed by atoms with Crippen LogP contribution in [0, 0.1) is 11.8 Å². The molecule has 3 aliphatic rings. The van der Waals surface area contributed by atoms with Crippen LogP contribution in [-0.2, 0) is 23.9 Å². The summed E-state index contributed by atoms with van der Waals surface area (Å²) in [5.74, 6) is -1.89. The first-order valence-electron chi connectivity index (χ1n) is 14.6. The first-order valence-corrected chi connectivity index (χ1v) is 16.8. The Morgan fingerprint density at radius 1 is 1.19 bits per heavy atom. The fourth-order valence-electron chi connectivity index (χ4n) is 4.62. The molecule has 43 heavy (non-hydrogen) atoms. The second kappa shape index (κ2) is 17.0. The number of rotatable bonds is 16. The number of allylic oxidation sites excluding steroid dienone is 1. The molecule has 0 aromatic heterocycles. The smallest absolute Gasteiger partial charge is 0.330 e. The number of carbonyl (C=O) groups excluding carboxylic acids is 3. The summed E-state index contributed by atoms with van der Waals surface area (Å²) < 4.78 is 10.8. The Morgan fingerprint density at radius 2 is 1.91 bits per heavy atom. The molecule has 3 rings (SSSR count). The third kappa shape index (κ3) is 10.2. The molecule has 3 aliphatic heterocycles. The van der Waals surface area contributed by atoms with Crippen molar-refractivity contribution in [3.63, 3.8) is 0 Å². The molecule has 1 saturated heterocycles. The molecule has 0 radical (unpaired) electrons. The van der Waals surface area contributed by atoms with E-state index in [4.69, 9.17) is 9.47 Å². The number of ketones is 1. The summed E-state index contributed by atoms with van der Waals surface area (Å²) in [4.78, 5) is 52.5. The van der Waals surface area contributed by atoms with Crippen LogP contribution >= 0.6 is 20.7 Å². The first-order chi connectivity index (χ1) is 20.5. The fourth-order valence-corrected chi connectivity index (χ4v) is 6.78. The van der Waals surface area contributed by atoms with Gasteiger partial charge >= 0.3 is 5.97 Å². The standard InChI is InChI=1S/C30H42N2O9S2/c1-17(19(3)33)10-9-11-20-15-41-28(27(38)26(20)37)25(36)18(2)14-23(35)40-13-8-6-4-5-7-12-22(34)32-24-29-21(16-42-43-29)31-30(24)39/h9-10,14,16-17,19-20,25,27-28,33,36,38H,4-8,11-13,15H2,1-3H3,(H,31,39)(H,32,34). The van der Waals surface area contributed by atoms with Crippen molar-refractivity contribution in [3.05, 3.63) is 39.5 Å². The Balaban J connectivity index is 1.29. The second-order valence-electron chi connectivity index (χ2n) is 11.0. The van der Waals surface area contributed by atoms with E-state index < -0.39 is 42.1 Å². The molecule has 6 unspecified atom stereocenters. The number of nitrogens with one attached hydrogen (secondary N) is 2. The SMILES string of the molecule is CC(=CC(=O)OCCCCCCCC(=O)Nc1c2sscc-2[nH]c1=O)C(O)C1OCC(CC=CC(C)C(C)O)C(=O)C1O. The van der Waals surface area contributed by atoms with Gasteiger partial charge in [0.1, 0.15) is 24.0 Å². The number of aliphatic hydroxyl groups is 3. The minimum absolute atomic E-state index is 0.0282. The monoisotopic (exact) mass is 638 g/mol. The molecule has 13 heteroatoms. The number of Topliss-reactive ketones (excluding diaryl/α,β-unsaturated/α-hetero) is 1. The lowest BCUT2D eigenvalue weighted by Gasteiger charge is -2.34. The molecule has 6 atom stereocenters. The maximum absolute atomic E-state index is 12.6. The van der Waals surface area contributed by atoms with Crippen molar-refractivity contribution >= 4 is 44.0 Å². The van der Waals surface area contributed by atoms with Gasteiger partial charge in [-0.2, -0.15) is 0 Å². The van der Waals surface area contributed by atoms with Gasteiger partial charge in [-0.3, -0.25) is 14.4 Å². The van der Waals surface area contributed by atoms with Crippen LogP contribution in [0.2, 0.25) is 0 Å². The van der Waals surface area contributed by atoms with Crippen LogP contribution in [0.1, 0.15) is 65.7 Å². The number of aromatic nitrogens is 1. The number of fused-ring (bicyclic) bond motifs is 1. The summed E-state index contributed by atoms with van der Waals surface area (Å²) >= 11 is 0. The average molecular weight is 639 g/mol.